The van der Waals surface area contributed by atoms with Gasteiger partial charge in [0.2, 0.25) is 0 Å². The molecule has 2 N–H and O–H groups in total. The Hall–Kier alpha value is -2.76. The molecule has 0 unspecified atom stereocenters. The second-order valence-electron chi connectivity index (χ2n) is 5.83. The van der Waals surface area contributed by atoms with E-state index in [9.17, 15) is 9.59 Å². The van der Waals surface area contributed by atoms with E-state index in [2.05, 4.69) is 10.6 Å². The van der Waals surface area contributed by atoms with E-state index in [-0.39, 0.29) is 18.1 Å². The monoisotopic (exact) mass is 328 g/mol. The maximum absolute atomic E-state index is 12.0. The van der Waals surface area contributed by atoms with Crippen LogP contribution in [0.15, 0.2) is 53.1 Å². The minimum absolute atomic E-state index is 0.0223. The van der Waals surface area contributed by atoms with Crippen molar-refractivity contribution in [3.8, 4) is 0 Å². The van der Waals surface area contributed by atoms with E-state index in [1.165, 1.54) is 6.26 Å². The molecule has 0 radical (unpaired) electrons. The predicted octanol–water partition coefficient (Wildman–Crippen LogP) is 3.57. The smallest absolute Gasteiger partial charge is 0.411 e. The third-order valence-corrected chi connectivity index (χ3v) is 4.00. The SMILES string of the molecule is O=C(Nc1ccccc1)O[C@@H]1CCC[C@@H](NC(=O)c2ccco2)C1. The molecule has 0 aliphatic heterocycles. The molecule has 0 saturated heterocycles. The van der Waals surface area contributed by atoms with Gasteiger partial charge in [-0.3, -0.25) is 10.1 Å². The van der Waals surface area contributed by atoms with Gasteiger partial charge in [0.05, 0.1) is 6.26 Å². The molecule has 24 heavy (non-hydrogen) atoms. The Morgan fingerprint density at radius 2 is 1.92 bits per heavy atom. The fraction of sp³-hybridized carbons (Fsp3) is 0.333. The Kier molecular flexibility index (Phi) is 5.15. The Labute approximate surface area is 140 Å². The minimum atomic E-state index is -0.468. The molecule has 1 aromatic heterocycles. The molecule has 6 heteroatoms. The minimum Gasteiger partial charge on any atom is -0.459 e. The Morgan fingerprint density at radius 3 is 2.67 bits per heavy atom. The normalized spacial score (nSPS) is 20.2. The molecule has 1 heterocycles. The Bertz CT molecular complexity index is 670. The lowest BCUT2D eigenvalue weighted by molar-refractivity contribution is 0.0702. The zero-order valence-corrected chi connectivity index (χ0v) is 13.2. The first-order chi connectivity index (χ1) is 11.7. The average Bonchev–Trinajstić information content (AvgIpc) is 3.10. The van der Waals surface area contributed by atoms with Crippen molar-refractivity contribution < 1.29 is 18.7 Å². The standard InChI is InChI=1S/C18H20N2O4/c21-17(16-10-5-11-23-16)19-14-8-4-9-15(12-14)24-18(22)20-13-6-2-1-3-7-13/h1-3,5-7,10-11,14-15H,4,8-9,12H2,(H,19,21)(H,20,22)/t14-,15-/m1/s1. The molecule has 2 amide bonds. The highest BCUT2D eigenvalue weighted by molar-refractivity contribution is 5.91. The summed E-state index contributed by atoms with van der Waals surface area (Å²) in [5.74, 6) is 0.0549. The van der Waals surface area contributed by atoms with Crippen LogP contribution in [0.25, 0.3) is 0 Å². The average molecular weight is 328 g/mol. The fourth-order valence-corrected chi connectivity index (χ4v) is 2.87. The van der Waals surface area contributed by atoms with Gasteiger partial charge < -0.3 is 14.5 Å². The van der Waals surface area contributed by atoms with Crippen LogP contribution in [0.1, 0.15) is 36.2 Å². The number of carbonyl (C=O) groups is 2. The van der Waals surface area contributed by atoms with Gasteiger partial charge in [0, 0.05) is 18.2 Å². The molecule has 3 rings (SSSR count). The molecule has 1 fully saturated rings. The molecule has 1 saturated carbocycles. The zero-order chi connectivity index (χ0) is 16.8. The van der Waals surface area contributed by atoms with Crippen molar-refractivity contribution in [1.29, 1.82) is 0 Å². The van der Waals surface area contributed by atoms with E-state index in [4.69, 9.17) is 9.15 Å². The number of hydrogen-bond acceptors (Lipinski definition) is 4. The second-order valence-corrected chi connectivity index (χ2v) is 5.83. The summed E-state index contributed by atoms with van der Waals surface area (Å²) in [4.78, 5) is 24.0. The number of carbonyl (C=O) groups excluding carboxylic acids is 2. The van der Waals surface area contributed by atoms with Crippen molar-refractivity contribution in [3.05, 3.63) is 54.5 Å². The van der Waals surface area contributed by atoms with Gasteiger partial charge in [-0.1, -0.05) is 18.2 Å². The van der Waals surface area contributed by atoms with E-state index in [0.29, 0.717) is 17.9 Å². The summed E-state index contributed by atoms with van der Waals surface area (Å²) in [6.45, 7) is 0. The molecule has 2 aromatic rings. The van der Waals surface area contributed by atoms with Crippen molar-refractivity contribution in [2.45, 2.75) is 37.8 Å². The van der Waals surface area contributed by atoms with Crippen LogP contribution < -0.4 is 10.6 Å². The third-order valence-electron chi connectivity index (χ3n) is 4.00. The van der Waals surface area contributed by atoms with Crippen LogP contribution in [0.5, 0.6) is 0 Å². The zero-order valence-electron chi connectivity index (χ0n) is 13.2. The van der Waals surface area contributed by atoms with E-state index in [1.807, 2.05) is 18.2 Å². The van der Waals surface area contributed by atoms with Crippen molar-refractivity contribution >= 4 is 17.7 Å². The molecular weight excluding hydrogens is 308 g/mol. The summed E-state index contributed by atoms with van der Waals surface area (Å²) in [6.07, 6.45) is 3.96. The molecule has 0 spiro atoms. The van der Waals surface area contributed by atoms with Crippen LogP contribution in [0.3, 0.4) is 0 Å². The van der Waals surface area contributed by atoms with Crippen LogP contribution in [0.2, 0.25) is 0 Å². The van der Waals surface area contributed by atoms with Gasteiger partial charge in [-0.15, -0.1) is 0 Å². The largest absolute Gasteiger partial charge is 0.459 e. The summed E-state index contributed by atoms with van der Waals surface area (Å²) in [7, 11) is 0. The first kappa shape index (κ1) is 16.1. The fourth-order valence-electron chi connectivity index (χ4n) is 2.87. The van der Waals surface area contributed by atoms with Gasteiger partial charge in [-0.25, -0.2) is 4.79 Å². The number of anilines is 1. The first-order valence-corrected chi connectivity index (χ1v) is 8.08. The van der Waals surface area contributed by atoms with Gasteiger partial charge in [-0.2, -0.15) is 0 Å². The van der Waals surface area contributed by atoms with E-state index >= 15 is 0 Å². The van der Waals surface area contributed by atoms with Crippen molar-refractivity contribution in [2.24, 2.45) is 0 Å². The molecule has 0 bridgehead atoms. The predicted molar refractivity (Wildman–Crippen MR) is 88.8 cm³/mol. The van der Waals surface area contributed by atoms with Crippen molar-refractivity contribution in [3.63, 3.8) is 0 Å². The number of amides is 2. The highest BCUT2D eigenvalue weighted by Gasteiger charge is 2.26. The van der Waals surface area contributed by atoms with Gasteiger partial charge in [0.15, 0.2) is 5.76 Å². The summed E-state index contributed by atoms with van der Waals surface area (Å²) < 4.78 is 10.6. The topological polar surface area (TPSA) is 80.6 Å². The number of benzene rings is 1. The van der Waals surface area contributed by atoms with E-state index in [1.54, 1.807) is 24.3 Å². The summed E-state index contributed by atoms with van der Waals surface area (Å²) >= 11 is 0. The number of nitrogens with one attached hydrogen (secondary N) is 2. The van der Waals surface area contributed by atoms with E-state index in [0.717, 1.165) is 19.3 Å². The van der Waals surface area contributed by atoms with Gasteiger partial charge in [0.25, 0.3) is 5.91 Å². The van der Waals surface area contributed by atoms with Crippen LogP contribution in [-0.2, 0) is 4.74 Å². The molecule has 1 aliphatic carbocycles. The molecule has 2 atom stereocenters. The second kappa shape index (κ2) is 7.68. The molecule has 1 aromatic carbocycles. The summed E-state index contributed by atoms with van der Waals surface area (Å²) in [5.41, 5.74) is 0.695. The van der Waals surface area contributed by atoms with Crippen molar-refractivity contribution in [2.75, 3.05) is 5.32 Å². The van der Waals surface area contributed by atoms with Gasteiger partial charge in [0.1, 0.15) is 6.10 Å². The Morgan fingerprint density at radius 1 is 1.08 bits per heavy atom. The maximum atomic E-state index is 12.0. The number of rotatable bonds is 4. The quantitative estimate of drug-likeness (QED) is 0.899. The van der Waals surface area contributed by atoms with E-state index < -0.39 is 6.09 Å². The Balaban J connectivity index is 1.48. The summed E-state index contributed by atoms with van der Waals surface area (Å²) in [6, 6.07) is 12.4. The molecule has 126 valence electrons. The lowest BCUT2D eigenvalue weighted by Crippen LogP contribution is -2.41. The lowest BCUT2D eigenvalue weighted by Gasteiger charge is -2.29. The van der Waals surface area contributed by atoms with Crippen LogP contribution >= 0.6 is 0 Å². The molecule has 1 aliphatic rings. The highest BCUT2D eigenvalue weighted by atomic mass is 16.6. The third kappa shape index (κ3) is 4.38. The first-order valence-electron chi connectivity index (χ1n) is 8.08. The lowest BCUT2D eigenvalue weighted by atomic mass is 9.93. The highest BCUT2D eigenvalue weighted by Crippen LogP contribution is 2.22. The molecular formula is C18H20N2O4. The number of para-hydroxylation sites is 1. The van der Waals surface area contributed by atoms with Gasteiger partial charge in [-0.05, 0) is 43.5 Å². The van der Waals surface area contributed by atoms with Gasteiger partial charge >= 0.3 is 6.09 Å². The van der Waals surface area contributed by atoms with Crippen LogP contribution in [0.4, 0.5) is 10.5 Å². The number of ether oxygens (including phenoxy) is 1. The number of hydrogen-bond donors (Lipinski definition) is 2. The van der Waals surface area contributed by atoms with Crippen LogP contribution in [0, 0.1) is 0 Å². The maximum Gasteiger partial charge on any atom is 0.411 e. The number of furan rings is 1. The summed E-state index contributed by atoms with van der Waals surface area (Å²) in [5, 5.41) is 5.63. The molecule has 6 nitrogen and oxygen atoms in total. The van der Waals surface area contributed by atoms with Crippen molar-refractivity contribution in [1.82, 2.24) is 5.32 Å². The van der Waals surface area contributed by atoms with Crippen LogP contribution in [-0.4, -0.2) is 24.1 Å².